The molecule has 1 aliphatic rings. The number of carbonyl (C=O) groups excluding carboxylic acids is 2. The summed E-state index contributed by atoms with van der Waals surface area (Å²) in [5, 5.41) is 0.996. The van der Waals surface area contributed by atoms with Gasteiger partial charge in [0.15, 0.2) is 0 Å². The van der Waals surface area contributed by atoms with E-state index in [2.05, 4.69) is 9.97 Å². The number of hydrogen-bond acceptors (Lipinski definition) is 4. The number of nitrogens with one attached hydrogen (secondary N) is 1. The highest BCUT2D eigenvalue weighted by atomic mass is 16.6. The van der Waals surface area contributed by atoms with E-state index in [4.69, 9.17) is 4.74 Å². The number of amides is 1. The van der Waals surface area contributed by atoms with Gasteiger partial charge >= 0.3 is 6.09 Å². The number of likely N-dealkylation sites (tertiary alicyclic amines) is 1. The molecule has 6 nitrogen and oxygen atoms in total. The number of fused-ring (bicyclic) bond motifs is 1. The van der Waals surface area contributed by atoms with Crippen LogP contribution in [-0.4, -0.2) is 45.9 Å². The number of nitrogens with zero attached hydrogens (tertiary/aromatic N) is 2. The first kappa shape index (κ1) is 15.5. The highest BCUT2D eigenvalue weighted by Crippen LogP contribution is 2.34. The van der Waals surface area contributed by atoms with Crippen LogP contribution in [0.1, 0.15) is 32.4 Å². The molecule has 0 bridgehead atoms. The van der Waals surface area contributed by atoms with Crippen molar-refractivity contribution in [3.8, 4) is 0 Å². The molecule has 0 spiro atoms. The van der Waals surface area contributed by atoms with Gasteiger partial charge < -0.3 is 19.4 Å². The number of aldehydes is 1. The molecule has 3 heterocycles. The number of aromatic nitrogens is 2. The van der Waals surface area contributed by atoms with Gasteiger partial charge in [0.05, 0.1) is 5.69 Å². The van der Waals surface area contributed by atoms with Crippen molar-refractivity contribution in [2.45, 2.75) is 32.3 Å². The minimum absolute atomic E-state index is 0.112. The van der Waals surface area contributed by atoms with Crippen LogP contribution in [0.25, 0.3) is 10.9 Å². The van der Waals surface area contributed by atoms with Crippen LogP contribution in [0.15, 0.2) is 24.5 Å². The van der Waals surface area contributed by atoms with Crippen LogP contribution < -0.4 is 0 Å². The maximum atomic E-state index is 12.3. The van der Waals surface area contributed by atoms with Gasteiger partial charge in [0.25, 0.3) is 0 Å². The monoisotopic (exact) mass is 315 g/mol. The fourth-order valence-corrected chi connectivity index (χ4v) is 3.03. The summed E-state index contributed by atoms with van der Waals surface area (Å²) >= 11 is 0. The molecule has 1 N–H and O–H groups in total. The van der Waals surface area contributed by atoms with E-state index in [1.54, 1.807) is 11.1 Å². The van der Waals surface area contributed by atoms with Crippen molar-refractivity contribution in [3.05, 3.63) is 30.2 Å². The van der Waals surface area contributed by atoms with Crippen molar-refractivity contribution in [2.24, 2.45) is 5.92 Å². The minimum Gasteiger partial charge on any atom is -0.444 e. The van der Waals surface area contributed by atoms with Gasteiger partial charge in [0.1, 0.15) is 11.9 Å². The van der Waals surface area contributed by atoms with E-state index in [1.165, 1.54) is 0 Å². The topological polar surface area (TPSA) is 75.3 Å². The van der Waals surface area contributed by atoms with E-state index in [9.17, 15) is 9.59 Å². The Balaban J connectivity index is 1.87. The third kappa shape index (κ3) is 3.06. The number of hydrogen-bond donors (Lipinski definition) is 1. The van der Waals surface area contributed by atoms with Crippen LogP contribution in [0.3, 0.4) is 0 Å². The van der Waals surface area contributed by atoms with Gasteiger partial charge in [-0.1, -0.05) is 0 Å². The fourth-order valence-electron chi connectivity index (χ4n) is 3.03. The van der Waals surface area contributed by atoms with E-state index < -0.39 is 5.60 Å². The zero-order valence-corrected chi connectivity index (χ0v) is 13.6. The number of pyridine rings is 1. The number of ether oxygens (including phenoxy) is 1. The average Bonchev–Trinajstić information content (AvgIpc) is 3.11. The Morgan fingerprint density at radius 1 is 1.39 bits per heavy atom. The molecule has 0 aliphatic carbocycles. The van der Waals surface area contributed by atoms with Crippen molar-refractivity contribution in [3.63, 3.8) is 0 Å². The molecule has 1 fully saturated rings. The molecule has 2 aromatic heterocycles. The van der Waals surface area contributed by atoms with Crippen LogP contribution in [0.5, 0.6) is 0 Å². The van der Waals surface area contributed by atoms with Gasteiger partial charge in [-0.2, -0.15) is 0 Å². The van der Waals surface area contributed by atoms with E-state index >= 15 is 0 Å². The summed E-state index contributed by atoms with van der Waals surface area (Å²) in [6.45, 7) is 6.30. The Hall–Kier alpha value is -2.37. The first-order valence-electron chi connectivity index (χ1n) is 7.74. The molecule has 0 aromatic carbocycles. The molecule has 2 aromatic rings. The normalized spacial score (nSPS) is 21.6. The average molecular weight is 315 g/mol. The molecule has 1 amide bonds. The highest BCUT2D eigenvalue weighted by Gasteiger charge is 2.39. The number of carbonyl (C=O) groups is 2. The van der Waals surface area contributed by atoms with E-state index in [-0.39, 0.29) is 17.9 Å². The molecular weight excluding hydrogens is 294 g/mol. The maximum Gasteiger partial charge on any atom is 0.410 e. The molecular formula is C17H21N3O3. The predicted molar refractivity (Wildman–Crippen MR) is 86.2 cm³/mol. The molecule has 0 saturated carbocycles. The maximum absolute atomic E-state index is 12.3. The summed E-state index contributed by atoms with van der Waals surface area (Å²) < 4.78 is 5.42. The summed E-state index contributed by atoms with van der Waals surface area (Å²) in [7, 11) is 0. The molecule has 0 unspecified atom stereocenters. The summed E-state index contributed by atoms with van der Waals surface area (Å²) in [6.07, 6.45) is 4.12. The Kier molecular flexibility index (Phi) is 3.83. The third-order valence-corrected chi connectivity index (χ3v) is 4.05. The largest absolute Gasteiger partial charge is 0.444 e. The Morgan fingerprint density at radius 2 is 2.17 bits per heavy atom. The van der Waals surface area contributed by atoms with Gasteiger partial charge in [-0.05, 0) is 32.9 Å². The SMILES string of the molecule is CC(C)(C)OC(=O)N1C[C@H](c2nccc3[nH]ccc23)[C@@H](C=O)C1. The third-order valence-electron chi connectivity index (χ3n) is 4.05. The van der Waals surface area contributed by atoms with Crippen molar-refractivity contribution in [1.82, 2.24) is 14.9 Å². The molecule has 1 saturated heterocycles. The molecule has 0 radical (unpaired) electrons. The van der Waals surface area contributed by atoms with Crippen molar-refractivity contribution in [2.75, 3.05) is 13.1 Å². The van der Waals surface area contributed by atoms with Crippen LogP contribution >= 0.6 is 0 Å². The van der Waals surface area contributed by atoms with Crippen molar-refractivity contribution < 1.29 is 14.3 Å². The van der Waals surface area contributed by atoms with E-state index in [1.807, 2.05) is 39.1 Å². The highest BCUT2D eigenvalue weighted by molar-refractivity contribution is 5.83. The first-order chi connectivity index (χ1) is 10.9. The lowest BCUT2D eigenvalue weighted by Crippen LogP contribution is -2.35. The number of rotatable bonds is 2. The van der Waals surface area contributed by atoms with E-state index in [0.29, 0.717) is 13.1 Å². The molecule has 6 heteroatoms. The van der Waals surface area contributed by atoms with Gasteiger partial charge in [0.2, 0.25) is 0 Å². The van der Waals surface area contributed by atoms with Gasteiger partial charge in [0, 0.05) is 48.2 Å². The quantitative estimate of drug-likeness (QED) is 0.865. The number of H-pyrrole nitrogens is 1. The minimum atomic E-state index is -0.551. The van der Waals surface area contributed by atoms with Crippen LogP contribution in [0, 0.1) is 5.92 Å². The first-order valence-corrected chi connectivity index (χ1v) is 7.74. The van der Waals surface area contributed by atoms with Gasteiger partial charge in [-0.25, -0.2) is 4.79 Å². The second-order valence-electron chi connectivity index (χ2n) is 6.93. The summed E-state index contributed by atoms with van der Waals surface area (Å²) in [4.78, 5) is 33.0. The van der Waals surface area contributed by atoms with Crippen LogP contribution in [0.4, 0.5) is 4.79 Å². The lowest BCUT2D eigenvalue weighted by Gasteiger charge is -2.24. The summed E-state index contributed by atoms with van der Waals surface area (Å²) in [5.41, 5.74) is 1.28. The van der Waals surface area contributed by atoms with Crippen LogP contribution in [0.2, 0.25) is 0 Å². The second kappa shape index (κ2) is 5.68. The standard InChI is InChI=1S/C17H21N3O3/c1-17(2,3)23-16(22)20-8-11(10-21)13(9-20)15-12-4-6-18-14(12)5-7-19-15/h4-7,10-11,13,18H,8-9H2,1-3H3/t11-,13+/m1/s1. The zero-order chi connectivity index (χ0) is 16.6. The summed E-state index contributed by atoms with van der Waals surface area (Å²) in [6, 6.07) is 3.85. The Labute approximate surface area is 134 Å². The molecule has 1 aliphatic heterocycles. The summed E-state index contributed by atoms with van der Waals surface area (Å²) in [5.74, 6) is -0.380. The smallest absolute Gasteiger partial charge is 0.410 e. The van der Waals surface area contributed by atoms with Gasteiger partial charge in [-0.15, -0.1) is 0 Å². The zero-order valence-electron chi connectivity index (χ0n) is 13.6. The Bertz CT molecular complexity index is 732. The van der Waals surface area contributed by atoms with Crippen LogP contribution in [-0.2, 0) is 9.53 Å². The lowest BCUT2D eigenvalue weighted by molar-refractivity contribution is -0.111. The Morgan fingerprint density at radius 3 is 2.87 bits per heavy atom. The fraction of sp³-hybridized carbons (Fsp3) is 0.471. The molecule has 3 rings (SSSR count). The van der Waals surface area contributed by atoms with E-state index in [0.717, 1.165) is 22.9 Å². The van der Waals surface area contributed by atoms with Crippen molar-refractivity contribution in [1.29, 1.82) is 0 Å². The van der Waals surface area contributed by atoms with Crippen molar-refractivity contribution >= 4 is 23.3 Å². The molecule has 23 heavy (non-hydrogen) atoms. The lowest BCUT2D eigenvalue weighted by atomic mass is 9.92. The predicted octanol–water partition coefficient (Wildman–Crippen LogP) is 2.71. The molecule has 2 atom stereocenters. The van der Waals surface area contributed by atoms with Gasteiger partial charge in [-0.3, -0.25) is 4.98 Å². The molecule has 122 valence electrons. The number of aromatic amines is 1. The second-order valence-corrected chi connectivity index (χ2v) is 6.93.